The van der Waals surface area contributed by atoms with E-state index in [9.17, 15) is 10.1 Å². The minimum atomic E-state index is -0.128. The van der Waals surface area contributed by atoms with E-state index in [-0.39, 0.29) is 5.91 Å². The Hall–Kier alpha value is -3.04. The maximum atomic E-state index is 12.4. The molecule has 0 spiro atoms. The van der Waals surface area contributed by atoms with Gasteiger partial charge in [0.1, 0.15) is 6.07 Å². The molecule has 0 aliphatic heterocycles. The van der Waals surface area contributed by atoms with Gasteiger partial charge in [-0.1, -0.05) is 12.1 Å². The van der Waals surface area contributed by atoms with E-state index in [4.69, 9.17) is 0 Å². The largest absolute Gasteiger partial charge is 0.352 e. The quantitative estimate of drug-likeness (QED) is 0.677. The van der Waals surface area contributed by atoms with Crippen molar-refractivity contribution in [1.29, 1.82) is 5.26 Å². The molecule has 1 N–H and O–H groups in total. The normalized spacial score (nSPS) is 10.3. The van der Waals surface area contributed by atoms with Crippen molar-refractivity contribution in [3.63, 3.8) is 0 Å². The molecular weight excluding hydrogens is 344 g/mol. The zero-order chi connectivity index (χ0) is 18.4. The van der Waals surface area contributed by atoms with Crippen LogP contribution in [0.2, 0.25) is 0 Å². The Morgan fingerprint density at radius 3 is 2.96 bits per heavy atom. The highest BCUT2D eigenvalue weighted by atomic mass is 32.1. The molecule has 0 atom stereocenters. The fraction of sp³-hybridized carbons (Fsp3) is 0.200. The van der Waals surface area contributed by atoms with E-state index in [2.05, 4.69) is 21.4 Å². The van der Waals surface area contributed by atoms with Crippen molar-refractivity contribution in [3.8, 4) is 17.3 Å². The van der Waals surface area contributed by atoms with E-state index in [1.54, 1.807) is 47.9 Å². The van der Waals surface area contributed by atoms with Gasteiger partial charge in [-0.05, 0) is 37.6 Å². The minimum Gasteiger partial charge on any atom is -0.352 e. The molecule has 0 aliphatic rings. The number of hydrogen-bond donors (Lipinski definition) is 1. The molecular formula is C20H18N4OS. The molecule has 0 saturated heterocycles. The highest BCUT2D eigenvalue weighted by molar-refractivity contribution is 7.09. The van der Waals surface area contributed by atoms with Crippen LogP contribution in [0.5, 0.6) is 0 Å². The maximum Gasteiger partial charge on any atom is 0.251 e. The highest BCUT2D eigenvalue weighted by Gasteiger charge is 2.10. The van der Waals surface area contributed by atoms with Gasteiger partial charge in [0.25, 0.3) is 5.91 Å². The average molecular weight is 362 g/mol. The number of carbonyl (C=O) groups is 1. The van der Waals surface area contributed by atoms with Gasteiger partial charge in [-0.3, -0.25) is 9.78 Å². The van der Waals surface area contributed by atoms with E-state index in [1.807, 2.05) is 18.4 Å². The summed E-state index contributed by atoms with van der Waals surface area (Å²) in [6.45, 7) is 2.57. The Bertz CT molecular complexity index is 958. The fourth-order valence-corrected chi connectivity index (χ4v) is 3.41. The predicted octanol–water partition coefficient (Wildman–Crippen LogP) is 3.75. The van der Waals surface area contributed by atoms with E-state index < -0.39 is 0 Å². The predicted molar refractivity (Wildman–Crippen MR) is 102 cm³/mol. The molecule has 3 aromatic rings. The summed E-state index contributed by atoms with van der Waals surface area (Å²) in [7, 11) is 0. The number of nitriles is 1. The molecule has 0 unspecified atom stereocenters. The third-order valence-corrected chi connectivity index (χ3v) is 4.87. The topological polar surface area (TPSA) is 78.7 Å². The monoisotopic (exact) mass is 362 g/mol. The number of benzene rings is 1. The molecule has 0 aliphatic carbocycles. The van der Waals surface area contributed by atoms with Crippen LogP contribution < -0.4 is 5.32 Å². The van der Waals surface area contributed by atoms with Gasteiger partial charge in [-0.25, -0.2) is 4.98 Å². The molecule has 3 rings (SSSR count). The SMILES string of the molecule is Cc1csc(CCCNC(=O)c2cccc(-c3ncccc3C#N)c2)n1. The molecule has 6 heteroatoms. The zero-order valence-electron chi connectivity index (χ0n) is 14.4. The van der Waals surface area contributed by atoms with Crippen LogP contribution in [0, 0.1) is 18.3 Å². The van der Waals surface area contributed by atoms with Crippen LogP contribution in [0.25, 0.3) is 11.3 Å². The lowest BCUT2D eigenvalue weighted by Crippen LogP contribution is -2.24. The number of thiazole rings is 1. The van der Waals surface area contributed by atoms with Gasteiger partial charge < -0.3 is 5.32 Å². The van der Waals surface area contributed by atoms with Gasteiger partial charge in [-0.15, -0.1) is 11.3 Å². The average Bonchev–Trinajstić information content (AvgIpc) is 3.10. The van der Waals surface area contributed by atoms with Crippen LogP contribution in [-0.4, -0.2) is 22.4 Å². The van der Waals surface area contributed by atoms with Gasteiger partial charge in [0.2, 0.25) is 0 Å². The fourth-order valence-electron chi connectivity index (χ4n) is 2.59. The van der Waals surface area contributed by atoms with Gasteiger partial charge in [0.05, 0.1) is 16.3 Å². The number of amides is 1. The molecule has 0 saturated carbocycles. The molecule has 5 nitrogen and oxygen atoms in total. The number of pyridine rings is 1. The first-order valence-electron chi connectivity index (χ1n) is 8.32. The summed E-state index contributed by atoms with van der Waals surface area (Å²) >= 11 is 1.65. The Balaban J connectivity index is 1.62. The molecule has 1 aromatic carbocycles. The van der Waals surface area contributed by atoms with Gasteiger partial charge >= 0.3 is 0 Å². The van der Waals surface area contributed by atoms with Gasteiger partial charge in [-0.2, -0.15) is 5.26 Å². The zero-order valence-corrected chi connectivity index (χ0v) is 15.2. The number of nitrogens with one attached hydrogen (secondary N) is 1. The summed E-state index contributed by atoms with van der Waals surface area (Å²) in [6, 6.07) is 12.8. The summed E-state index contributed by atoms with van der Waals surface area (Å²) in [5.41, 5.74) is 3.43. The number of nitrogens with zero attached hydrogens (tertiary/aromatic N) is 3. The summed E-state index contributed by atoms with van der Waals surface area (Å²) in [4.78, 5) is 21.1. The van der Waals surface area contributed by atoms with Crippen molar-refractivity contribution in [2.75, 3.05) is 6.54 Å². The van der Waals surface area contributed by atoms with E-state index in [0.29, 0.717) is 23.4 Å². The number of aryl methyl sites for hydroxylation is 2. The molecule has 2 aromatic heterocycles. The third kappa shape index (κ3) is 4.32. The summed E-state index contributed by atoms with van der Waals surface area (Å²) < 4.78 is 0. The van der Waals surface area contributed by atoms with Crippen molar-refractivity contribution in [3.05, 3.63) is 69.8 Å². The summed E-state index contributed by atoms with van der Waals surface area (Å²) in [5, 5.41) is 15.3. The molecule has 2 heterocycles. The van der Waals surface area contributed by atoms with E-state index in [1.165, 1.54) is 0 Å². The second kappa shape index (κ2) is 8.37. The number of rotatable bonds is 6. The molecule has 0 radical (unpaired) electrons. The molecule has 130 valence electrons. The lowest BCUT2D eigenvalue weighted by atomic mass is 10.0. The summed E-state index contributed by atoms with van der Waals surface area (Å²) in [5.74, 6) is -0.128. The van der Waals surface area contributed by atoms with Crippen molar-refractivity contribution in [2.45, 2.75) is 19.8 Å². The number of hydrogen-bond acceptors (Lipinski definition) is 5. The van der Waals surface area contributed by atoms with Crippen molar-refractivity contribution in [2.24, 2.45) is 0 Å². The lowest BCUT2D eigenvalue weighted by Gasteiger charge is -2.07. The Morgan fingerprint density at radius 2 is 2.19 bits per heavy atom. The van der Waals surface area contributed by atoms with E-state index >= 15 is 0 Å². The van der Waals surface area contributed by atoms with Crippen LogP contribution in [0.3, 0.4) is 0 Å². The van der Waals surface area contributed by atoms with Crippen molar-refractivity contribution >= 4 is 17.2 Å². The van der Waals surface area contributed by atoms with Gasteiger partial charge in [0, 0.05) is 41.4 Å². The van der Waals surface area contributed by atoms with Crippen molar-refractivity contribution < 1.29 is 4.79 Å². The second-order valence-corrected chi connectivity index (χ2v) is 6.78. The molecule has 0 fully saturated rings. The van der Waals surface area contributed by atoms with E-state index in [0.717, 1.165) is 29.1 Å². The first kappa shape index (κ1) is 17.8. The molecule has 1 amide bonds. The highest BCUT2D eigenvalue weighted by Crippen LogP contribution is 2.21. The minimum absolute atomic E-state index is 0.128. The molecule has 0 bridgehead atoms. The number of aromatic nitrogens is 2. The van der Waals surface area contributed by atoms with Crippen LogP contribution >= 0.6 is 11.3 Å². The first-order valence-corrected chi connectivity index (χ1v) is 9.20. The van der Waals surface area contributed by atoms with Crippen molar-refractivity contribution in [1.82, 2.24) is 15.3 Å². The standard InChI is InChI=1S/C20H18N4OS/c1-14-13-26-18(24-14)8-4-10-23-20(25)16-6-2-5-15(11-16)19-17(12-21)7-3-9-22-19/h2-3,5-7,9,11,13H,4,8,10H2,1H3,(H,23,25). The Labute approximate surface area is 156 Å². The Kier molecular flexibility index (Phi) is 5.72. The van der Waals surface area contributed by atoms with Crippen LogP contribution in [0.4, 0.5) is 0 Å². The smallest absolute Gasteiger partial charge is 0.251 e. The van der Waals surface area contributed by atoms with Crippen LogP contribution in [0.15, 0.2) is 48.0 Å². The van der Waals surface area contributed by atoms with Gasteiger partial charge in [0.15, 0.2) is 0 Å². The first-order chi connectivity index (χ1) is 12.7. The van der Waals surface area contributed by atoms with Crippen LogP contribution in [0.1, 0.15) is 33.0 Å². The Morgan fingerprint density at radius 1 is 1.31 bits per heavy atom. The summed E-state index contributed by atoms with van der Waals surface area (Å²) in [6.07, 6.45) is 3.35. The maximum absolute atomic E-state index is 12.4. The van der Waals surface area contributed by atoms with Crippen LogP contribution in [-0.2, 0) is 6.42 Å². The lowest BCUT2D eigenvalue weighted by molar-refractivity contribution is 0.0953. The second-order valence-electron chi connectivity index (χ2n) is 5.83. The third-order valence-electron chi connectivity index (χ3n) is 3.85. The molecule has 26 heavy (non-hydrogen) atoms. The number of carbonyl (C=O) groups excluding carboxylic acids is 1.